The lowest BCUT2D eigenvalue weighted by molar-refractivity contribution is 0.0233. The van der Waals surface area contributed by atoms with Crippen LogP contribution in [-0.4, -0.2) is 70.3 Å². The Hall–Kier alpha value is -4.66. The van der Waals surface area contributed by atoms with Gasteiger partial charge in [0.05, 0.1) is 34.5 Å². The zero-order valence-electron chi connectivity index (χ0n) is 28.1. The minimum atomic E-state index is 0.0573. The van der Waals surface area contributed by atoms with Crippen molar-refractivity contribution in [1.29, 1.82) is 0 Å². The molecule has 0 amide bonds. The van der Waals surface area contributed by atoms with Crippen molar-refractivity contribution in [3.63, 3.8) is 0 Å². The highest BCUT2D eigenvalue weighted by Gasteiger charge is 2.21. The van der Waals surface area contributed by atoms with Gasteiger partial charge in [-0.3, -0.25) is 10.2 Å². The summed E-state index contributed by atoms with van der Waals surface area (Å²) in [6.07, 6.45) is 1.99. The van der Waals surface area contributed by atoms with E-state index in [1.807, 2.05) is 20.8 Å². The Labute approximate surface area is 277 Å². The number of ether oxygens (including phenoxy) is 2. The minimum absolute atomic E-state index is 0.0573. The van der Waals surface area contributed by atoms with Gasteiger partial charge in [0.2, 0.25) is 11.8 Å². The Morgan fingerprint density at radius 1 is 0.617 bits per heavy atom. The van der Waals surface area contributed by atoms with E-state index in [4.69, 9.17) is 9.47 Å². The summed E-state index contributed by atoms with van der Waals surface area (Å²) in [6.45, 7) is 8.44. The molecule has 0 spiro atoms. The summed E-state index contributed by atoms with van der Waals surface area (Å²) in [6, 6.07) is 34.8. The molecule has 4 aromatic carbocycles. The molecule has 2 atom stereocenters. The second-order valence-corrected chi connectivity index (χ2v) is 12.5. The molecule has 47 heavy (non-hydrogen) atoms. The van der Waals surface area contributed by atoms with Gasteiger partial charge in [-0.15, -0.1) is 10.2 Å². The van der Waals surface area contributed by atoms with Crippen LogP contribution in [0.2, 0.25) is 0 Å². The standard InChI is InChI=1S/C39H46N6O2/c1-6-46-38-34-25-30(17-19-36(34)40-42-38)32(28-13-9-7-10-14-28)21-23-44(4)45(5)24-22-33(29-15-11-8-12-16-29)31-18-20-37-35(26-31)39(43-41-37)47-27(2)3/h7-20,25-27,32-33H,6,21-24H2,1-5H3,(H,40,42)(H,41,43). The van der Waals surface area contributed by atoms with Crippen LogP contribution in [0.3, 0.4) is 0 Å². The van der Waals surface area contributed by atoms with Gasteiger partial charge in [-0.25, -0.2) is 10.0 Å². The van der Waals surface area contributed by atoms with Crippen molar-refractivity contribution in [2.75, 3.05) is 33.8 Å². The summed E-state index contributed by atoms with van der Waals surface area (Å²) in [5, 5.41) is 21.8. The number of hydrogen-bond donors (Lipinski definition) is 2. The van der Waals surface area contributed by atoms with Crippen LogP contribution in [0.4, 0.5) is 0 Å². The average molecular weight is 631 g/mol. The van der Waals surface area contributed by atoms with Crippen LogP contribution in [0, 0.1) is 0 Å². The molecule has 0 fully saturated rings. The topological polar surface area (TPSA) is 82.3 Å². The van der Waals surface area contributed by atoms with E-state index >= 15 is 0 Å². The predicted octanol–water partition coefficient (Wildman–Crippen LogP) is 8.15. The highest BCUT2D eigenvalue weighted by atomic mass is 16.5. The molecule has 2 aromatic heterocycles. The number of aromatic amines is 2. The molecule has 0 saturated carbocycles. The second kappa shape index (κ2) is 14.8. The SMILES string of the molecule is CCOc1n[nH]c2ccc(C(CCN(C)N(C)CCC(c3ccccc3)c3ccc4[nH]nc(OC(C)C)c4c3)c3ccccc3)cc12. The zero-order valence-corrected chi connectivity index (χ0v) is 28.1. The van der Waals surface area contributed by atoms with Gasteiger partial charge in [-0.1, -0.05) is 72.8 Å². The lowest BCUT2D eigenvalue weighted by Gasteiger charge is -2.31. The van der Waals surface area contributed by atoms with E-state index in [1.165, 1.54) is 22.3 Å². The molecule has 0 aliphatic rings. The Morgan fingerprint density at radius 2 is 1.09 bits per heavy atom. The van der Waals surface area contributed by atoms with Gasteiger partial charge >= 0.3 is 0 Å². The van der Waals surface area contributed by atoms with Crippen molar-refractivity contribution in [2.45, 2.75) is 51.6 Å². The average Bonchev–Trinajstić information content (AvgIpc) is 3.68. The molecule has 0 aliphatic carbocycles. The first-order valence-corrected chi connectivity index (χ1v) is 16.7. The van der Waals surface area contributed by atoms with Crippen molar-refractivity contribution in [2.24, 2.45) is 0 Å². The normalized spacial score (nSPS) is 13.2. The molecule has 6 aromatic rings. The van der Waals surface area contributed by atoms with Crippen LogP contribution in [0.15, 0.2) is 97.1 Å². The third kappa shape index (κ3) is 7.50. The molecule has 8 nitrogen and oxygen atoms in total. The quantitative estimate of drug-likeness (QED) is 0.112. The largest absolute Gasteiger partial charge is 0.476 e. The number of benzene rings is 4. The zero-order chi connectivity index (χ0) is 32.8. The summed E-state index contributed by atoms with van der Waals surface area (Å²) in [5.74, 6) is 1.80. The number of rotatable bonds is 15. The monoisotopic (exact) mass is 630 g/mol. The summed E-state index contributed by atoms with van der Waals surface area (Å²) in [5.41, 5.74) is 7.13. The Kier molecular flexibility index (Phi) is 10.2. The molecular weight excluding hydrogens is 584 g/mol. The molecule has 8 heteroatoms. The molecule has 2 unspecified atom stereocenters. The Morgan fingerprint density at radius 3 is 1.55 bits per heavy atom. The van der Waals surface area contributed by atoms with Crippen LogP contribution in [0.25, 0.3) is 21.8 Å². The molecule has 6 rings (SSSR count). The van der Waals surface area contributed by atoms with Crippen molar-refractivity contribution in [1.82, 2.24) is 30.4 Å². The number of nitrogens with zero attached hydrogens (tertiary/aromatic N) is 4. The summed E-state index contributed by atoms with van der Waals surface area (Å²) in [4.78, 5) is 0. The van der Waals surface area contributed by atoms with Crippen LogP contribution in [-0.2, 0) is 0 Å². The van der Waals surface area contributed by atoms with E-state index in [1.54, 1.807) is 0 Å². The Balaban J connectivity index is 1.18. The predicted molar refractivity (Wildman–Crippen MR) is 190 cm³/mol. The van der Waals surface area contributed by atoms with Gasteiger partial charge in [0.1, 0.15) is 0 Å². The van der Waals surface area contributed by atoms with E-state index in [0.717, 1.165) is 47.7 Å². The summed E-state index contributed by atoms with van der Waals surface area (Å²) >= 11 is 0. The number of hydrazine groups is 1. The Bertz CT molecular complexity index is 1870. The summed E-state index contributed by atoms with van der Waals surface area (Å²) < 4.78 is 11.8. The van der Waals surface area contributed by atoms with Crippen LogP contribution < -0.4 is 9.47 Å². The minimum Gasteiger partial charge on any atom is -0.476 e. The van der Waals surface area contributed by atoms with E-state index in [-0.39, 0.29) is 17.9 Å². The lowest BCUT2D eigenvalue weighted by atomic mass is 9.87. The van der Waals surface area contributed by atoms with Crippen molar-refractivity contribution in [3.8, 4) is 11.8 Å². The number of nitrogens with one attached hydrogen (secondary N) is 2. The fourth-order valence-corrected chi connectivity index (χ4v) is 6.40. The van der Waals surface area contributed by atoms with Gasteiger partial charge in [0.15, 0.2) is 0 Å². The molecule has 0 saturated heterocycles. The van der Waals surface area contributed by atoms with E-state index in [9.17, 15) is 0 Å². The number of fused-ring (bicyclic) bond motifs is 2. The molecular formula is C39H46N6O2. The number of aromatic nitrogens is 4. The molecule has 0 bridgehead atoms. The first-order valence-electron chi connectivity index (χ1n) is 16.7. The molecule has 0 radical (unpaired) electrons. The first kappa shape index (κ1) is 32.3. The fraction of sp³-hybridized carbons (Fsp3) is 0.333. The van der Waals surface area contributed by atoms with E-state index < -0.39 is 0 Å². The fourth-order valence-electron chi connectivity index (χ4n) is 6.40. The van der Waals surface area contributed by atoms with Gasteiger partial charge in [0, 0.05) is 39.0 Å². The maximum Gasteiger partial charge on any atom is 0.240 e. The van der Waals surface area contributed by atoms with Crippen molar-refractivity contribution in [3.05, 3.63) is 119 Å². The third-order valence-corrected chi connectivity index (χ3v) is 9.01. The highest BCUT2D eigenvalue weighted by molar-refractivity contribution is 5.85. The smallest absolute Gasteiger partial charge is 0.240 e. The highest BCUT2D eigenvalue weighted by Crippen LogP contribution is 2.35. The molecule has 0 aliphatic heterocycles. The van der Waals surface area contributed by atoms with Crippen molar-refractivity contribution < 1.29 is 9.47 Å². The van der Waals surface area contributed by atoms with Gasteiger partial charge in [-0.05, 0) is 80.1 Å². The van der Waals surface area contributed by atoms with Crippen molar-refractivity contribution >= 4 is 21.8 Å². The number of hydrogen-bond acceptors (Lipinski definition) is 6. The van der Waals surface area contributed by atoms with Crippen LogP contribution >= 0.6 is 0 Å². The molecule has 2 heterocycles. The van der Waals surface area contributed by atoms with E-state index in [2.05, 4.69) is 142 Å². The van der Waals surface area contributed by atoms with Gasteiger partial charge < -0.3 is 9.47 Å². The van der Waals surface area contributed by atoms with Gasteiger partial charge in [0.25, 0.3) is 0 Å². The number of H-pyrrole nitrogens is 2. The maximum absolute atomic E-state index is 6.01. The third-order valence-electron chi connectivity index (χ3n) is 9.01. The van der Waals surface area contributed by atoms with E-state index in [0.29, 0.717) is 18.4 Å². The van der Waals surface area contributed by atoms with Gasteiger partial charge in [-0.2, -0.15) is 0 Å². The molecule has 244 valence electrons. The molecule has 2 N–H and O–H groups in total. The second-order valence-electron chi connectivity index (χ2n) is 12.5. The lowest BCUT2D eigenvalue weighted by Crippen LogP contribution is -2.39. The first-order chi connectivity index (χ1) is 22.9. The summed E-state index contributed by atoms with van der Waals surface area (Å²) in [7, 11) is 4.39. The van der Waals surface area contributed by atoms with Crippen LogP contribution in [0.5, 0.6) is 11.8 Å². The van der Waals surface area contributed by atoms with Crippen LogP contribution in [0.1, 0.15) is 67.7 Å². The maximum atomic E-state index is 6.01.